The summed E-state index contributed by atoms with van der Waals surface area (Å²) >= 11 is 6.02. The number of nitrogens with zero attached hydrogens (tertiary/aromatic N) is 4. The first-order valence-electron chi connectivity index (χ1n) is 9.23. The number of hydrazone groups is 1. The molecule has 2 aromatic rings. The molecule has 160 valence electrons. The van der Waals surface area contributed by atoms with E-state index in [1.165, 1.54) is 32.4 Å². The lowest BCUT2D eigenvalue weighted by Crippen LogP contribution is -2.42. The fourth-order valence-corrected chi connectivity index (χ4v) is 3.68. The lowest BCUT2D eigenvalue weighted by Gasteiger charge is -2.23. The van der Waals surface area contributed by atoms with Crippen molar-refractivity contribution < 1.29 is 12.8 Å². The molecule has 1 heterocycles. The monoisotopic (exact) mass is 451 g/mol. The zero-order chi connectivity index (χ0) is 21.9. The maximum Gasteiger partial charge on any atom is 0.321 e. The predicted molar refractivity (Wildman–Crippen MR) is 118 cm³/mol. The largest absolute Gasteiger partial charge is 0.321 e. The summed E-state index contributed by atoms with van der Waals surface area (Å²) in [6.45, 7) is 0.418. The van der Waals surface area contributed by atoms with E-state index >= 15 is 0 Å². The van der Waals surface area contributed by atoms with Gasteiger partial charge in [-0.3, -0.25) is 10.3 Å². The normalized spacial score (nSPS) is 18.3. The van der Waals surface area contributed by atoms with Crippen LogP contribution in [-0.4, -0.2) is 63.5 Å². The summed E-state index contributed by atoms with van der Waals surface area (Å²) in [7, 11) is 0.756. The van der Waals surface area contributed by atoms with E-state index in [2.05, 4.69) is 9.71 Å². The van der Waals surface area contributed by atoms with Crippen molar-refractivity contribution in [3.05, 3.63) is 70.5 Å². The Bertz CT molecular complexity index is 1060. The van der Waals surface area contributed by atoms with Crippen molar-refractivity contribution in [3.8, 4) is 0 Å². The Labute approximate surface area is 181 Å². The standard InChI is InChI=1S/C20H23ClFN5O2S/c1-23-19(12-24-30(28,29)26(2)3)27-13-18(15-5-4-6-17(22)11-15)20(25-27)14-7-9-16(21)10-8-14/h4-12,18-19,23H,13H2,1-3H3. The van der Waals surface area contributed by atoms with Crippen LogP contribution in [0.15, 0.2) is 58.0 Å². The van der Waals surface area contributed by atoms with Crippen LogP contribution in [0.2, 0.25) is 5.02 Å². The first-order chi connectivity index (χ1) is 14.2. The topological polar surface area (TPSA) is 77.4 Å². The summed E-state index contributed by atoms with van der Waals surface area (Å²) in [6, 6.07) is 13.6. The number of halogens is 2. The average Bonchev–Trinajstić information content (AvgIpc) is 3.14. The Balaban J connectivity index is 1.97. The molecule has 0 saturated heterocycles. The van der Waals surface area contributed by atoms with Crippen LogP contribution in [0, 0.1) is 5.82 Å². The van der Waals surface area contributed by atoms with Crippen LogP contribution in [0.3, 0.4) is 0 Å². The molecule has 1 N–H and O–H groups in total. The molecule has 0 amide bonds. The molecule has 0 saturated carbocycles. The lowest BCUT2D eigenvalue weighted by molar-refractivity contribution is 0.253. The molecule has 3 rings (SSSR count). The zero-order valence-corrected chi connectivity index (χ0v) is 18.4. The molecule has 30 heavy (non-hydrogen) atoms. The zero-order valence-electron chi connectivity index (χ0n) is 16.8. The quantitative estimate of drug-likeness (QED) is 0.656. The lowest BCUT2D eigenvalue weighted by atomic mass is 9.90. The highest BCUT2D eigenvalue weighted by molar-refractivity contribution is 7.87. The summed E-state index contributed by atoms with van der Waals surface area (Å²) < 4.78 is 42.6. The summed E-state index contributed by atoms with van der Waals surface area (Å²) in [6.07, 6.45) is 0.729. The van der Waals surface area contributed by atoms with Crippen LogP contribution in [0.25, 0.3) is 0 Å². The van der Waals surface area contributed by atoms with Gasteiger partial charge in [0.05, 0.1) is 18.5 Å². The molecular formula is C20H23ClFN5O2S. The SMILES string of the molecule is CNC(C=NS(=O)(=O)N(C)C)N1CC(c2cccc(F)c2)C(c2ccc(Cl)cc2)=N1. The average molecular weight is 452 g/mol. The Kier molecular flexibility index (Phi) is 6.87. The third kappa shape index (κ3) is 5.04. The van der Waals surface area contributed by atoms with Crippen LogP contribution < -0.4 is 5.32 Å². The van der Waals surface area contributed by atoms with Crippen molar-refractivity contribution in [3.63, 3.8) is 0 Å². The molecule has 2 unspecified atom stereocenters. The highest BCUT2D eigenvalue weighted by atomic mass is 35.5. The van der Waals surface area contributed by atoms with Gasteiger partial charge in [0.25, 0.3) is 0 Å². The molecule has 1 aliphatic heterocycles. The summed E-state index contributed by atoms with van der Waals surface area (Å²) in [5, 5.41) is 10.0. The Hall–Kier alpha value is -2.33. The molecule has 0 radical (unpaired) electrons. The van der Waals surface area contributed by atoms with Crippen LogP contribution in [0.5, 0.6) is 0 Å². The maximum atomic E-state index is 13.9. The van der Waals surface area contributed by atoms with Gasteiger partial charge < -0.3 is 0 Å². The van der Waals surface area contributed by atoms with Crippen molar-refractivity contribution in [2.75, 3.05) is 27.7 Å². The van der Waals surface area contributed by atoms with Gasteiger partial charge in [0, 0.05) is 25.0 Å². The van der Waals surface area contributed by atoms with Crippen LogP contribution in [0.4, 0.5) is 4.39 Å². The molecule has 0 aromatic heterocycles. The van der Waals surface area contributed by atoms with Gasteiger partial charge in [0.2, 0.25) is 0 Å². The van der Waals surface area contributed by atoms with E-state index in [-0.39, 0.29) is 11.7 Å². The van der Waals surface area contributed by atoms with Gasteiger partial charge in [-0.25, -0.2) is 4.39 Å². The molecule has 10 heteroatoms. The Morgan fingerprint density at radius 2 is 2.00 bits per heavy atom. The van der Waals surface area contributed by atoms with Crippen molar-refractivity contribution >= 4 is 33.7 Å². The third-order valence-corrected chi connectivity index (χ3v) is 6.30. The van der Waals surface area contributed by atoms with Gasteiger partial charge in [-0.05, 0) is 42.4 Å². The fourth-order valence-electron chi connectivity index (χ4n) is 3.09. The Morgan fingerprint density at radius 1 is 1.30 bits per heavy atom. The third-order valence-electron chi connectivity index (χ3n) is 4.74. The second-order valence-corrected chi connectivity index (χ2v) is 9.24. The fraction of sp³-hybridized carbons (Fsp3) is 0.300. The minimum atomic E-state index is -3.75. The highest BCUT2D eigenvalue weighted by Gasteiger charge is 2.32. The van der Waals surface area contributed by atoms with E-state index in [0.29, 0.717) is 11.6 Å². The van der Waals surface area contributed by atoms with Crippen LogP contribution in [0.1, 0.15) is 17.0 Å². The summed E-state index contributed by atoms with van der Waals surface area (Å²) in [5.41, 5.74) is 2.36. The van der Waals surface area contributed by atoms with Gasteiger partial charge in [-0.15, -0.1) is 0 Å². The maximum absolute atomic E-state index is 13.9. The van der Waals surface area contributed by atoms with E-state index in [1.807, 2.05) is 18.2 Å². The molecular weight excluding hydrogens is 429 g/mol. The van der Waals surface area contributed by atoms with Gasteiger partial charge >= 0.3 is 10.2 Å². The molecule has 2 atom stereocenters. The van der Waals surface area contributed by atoms with Crippen molar-refractivity contribution in [1.29, 1.82) is 0 Å². The predicted octanol–water partition coefficient (Wildman–Crippen LogP) is 2.71. The summed E-state index contributed by atoms with van der Waals surface area (Å²) in [4.78, 5) is 0. The second kappa shape index (κ2) is 9.22. The minimum absolute atomic E-state index is 0.211. The molecule has 1 aliphatic rings. The first-order valence-corrected chi connectivity index (χ1v) is 11.0. The number of hydrogen-bond donors (Lipinski definition) is 1. The van der Waals surface area contributed by atoms with Gasteiger partial charge in [-0.2, -0.15) is 22.2 Å². The summed E-state index contributed by atoms with van der Waals surface area (Å²) in [5.74, 6) is -0.540. The number of rotatable bonds is 7. The van der Waals surface area contributed by atoms with E-state index in [0.717, 1.165) is 21.1 Å². The van der Waals surface area contributed by atoms with Gasteiger partial charge in [0.1, 0.15) is 12.0 Å². The molecule has 2 aromatic carbocycles. The van der Waals surface area contributed by atoms with E-state index in [4.69, 9.17) is 16.7 Å². The second-order valence-electron chi connectivity index (χ2n) is 6.97. The molecule has 0 aliphatic carbocycles. The molecule has 0 spiro atoms. The van der Waals surface area contributed by atoms with E-state index < -0.39 is 16.4 Å². The van der Waals surface area contributed by atoms with Crippen LogP contribution >= 0.6 is 11.6 Å². The first kappa shape index (κ1) is 22.4. The number of hydrogen-bond acceptors (Lipinski definition) is 5. The smallest absolute Gasteiger partial charge is 0.295 e. The molecule has 0 fully saturated rings. The van der Waals surface area contributed by atoms with E-state index in [9.17, 15) is 12.8 Å². The van der Waals surface area contributed by atoms with E-state index in [1.54, 1.807) is 30.3 Å². The Morgan fingerprint density at radius 3 is 2.60 bits per heavy atom. The van der Waals surface area contributed by atoms with Gasteiger partial charge in [-0.1, -0.05) is 35.9 Å². The minimum Gasteiger partial charge on any atom is -0.295 e. The molecule has 0 bridgehead atoms. The van der Waals surface area contributed by atoms with Crippen molar-refractivity contribution in [2.45, 2.75) is 12.1 Å². The molecule has 7 nitrogen and oxygen atoms in total. The van der Waals surface area contributed by atoms with Gasteiger partial charge in [0.15, 0.2) is 0 Å². The highest BCUT2D eigenvalue weighted by Crippen LogP contribution is 2.30. The van der Waals surface area contributed by atoms with Crippen molar-refractivity contribution in [1.82, 2.24) is 14.6 Å². The number of benzene rings is 2. The number of nitrogens with one attached hydrogen (secondary N) is 1. The van der Waals surface area contributed by atoms with Crippen LogP contribution in [-0.2, 0) is 10.2 Å². The van der Waals surface area contributed by atoms with Crippen molar-refractivity contribution in [2.24, 2.45) is 9.50 Å².